The van der Waals surface area contributed by atoms with Crippen molar-refractivity contribution in [2.45, 2.75) is 31.1 Å². The summed E-state index contributed by atoms with van der Waals surface area (Å²) in [5.74, 6) is 1.85. The van der Waals surface area contributed by atoms with Crippen molar-refractivity contribution in [1.29, 1.82) is 0 Å². The van der Waals surface area contributed by atoms with Gasteiger partial charge in [-0.3, -0.25) is 0 Å². The average molecular weight is 329 g/mol. The molecule has 3 N–H and O–H groups in total. The van der Waals surface area contributed by atoms with Gasteiger partial charge in [0, 0.05) is 22.9 Å². The van der Waals surface area contributed by atoms with Crippen molar-refractivity contribution in [2.75, 3.05) is 23.8 Å². The van der Waals surface area contributed by atoms with Gasteiger partial charge in [-0.05, 0) is 42.5 Å². The van der Waals surface area contributed by atoms with Gasteiger partial charge in [0.2, 0.25) is 10.0 Å². The maximum absolute atomic E-state index is 12.0. The van der Waals surface area contributed by atoms with Gasteiger partial charge < -0.3 is 5.73 Å². The van der Waals surface area contributed by atoms with Gasteiger partial charge in [0.25, 0.3) is 0 Å². The summed E-state index contributed by atoms with van der Waals surface area (Å²) >= 11 is 1.54. The Bertz CT molecular complexity index is 543. The highest BCUT2D eigenvalue weighted by atomic mass is 32.2. The van der Waals surface area contributed by atoms with Crippen LogP contribution >= 0.6 is 11.8 Å². The minimum Gasteiger partial charge on any atom is -0.399 e. The first-order valence-corrected chi connectivity index (χ1v) is 10.1. The number of anilines is 1. The number of nitrogens with two attached hydrogens (primary N) is 1. The fourth-order valence-electron chi connectivity index (χ4n) is 2.66. The maximum atomic E-state index is 12.0. The molecule has 1 saturated carbocycles. The Balaban J connectivity index is 1.72. The van der Waals surface area contributed by atoms with Gasteiger partial charge in [-0.1, -0.05) is 19.8 Å². The number of hydrogen-bond acceptors (Lipinski definition) is 4. The summed E-state index contributed by atoms with van der Waals surface area (Å²) < 4.78 is 26.8. The van der Waals surface area contributed by atoms with Gasteiger partial charge in [-0.15, -0.1) is 11.8 Å². The van der Waals surface area contributed by atoms with E-state index in [0.717, 1.165) is 17.0 Å². The summed E-state index contributed by atoms with van der Waals surface area (Å²) in [7, 11) is -3.17. The highest BCUT2D eigenvalue weighted by molar-refractivity contribution is 8.00. The Morgan fingerprint density at radius 3 is 2.62 bits per heavy atom. The number of nitrogen functional groups attached to an aromatic ring is 1. The molecule has 1 aromatic rings. The van der Waals surface area contributed by atoms with Crippen LogP contribution in [0, 0.1) is 11.8 Å². The minimum atomic E-state index is -3.17. The summed E-state index contributed by atoms with van der Waals surface area (Å²) in [6.45, 7) is 2.80. The molecule has 0 bridgehead atoms. The summed E-state index contributed by atoms with van der Waals surface area (Å²) in [6.07, 6.45) is 3.59. The SMILES string of the molecule is CC1CCCC1CNS(=O)(=O)CCSc1ccc(N)cc1. The van der Waals surface area contributed by atoms with Crippen molar-refractivity contribution in [3.8, 4) is 0 Å². The lowest BCUT2D eigenvalue weighted by Crippen LogP contribution is -2.32. The normalized spacial score (nSPS) is 22.5. The predicted octanol–water partition coefficient (Wildman–Crippen LogP) is 2.72. The van der Waals surface area contributed by atoms with Gasteiger partial charge in [0.05, 0.1) is 5.75 Å². The van der Waals surface area contributed by atoms with E-state index in [1.807, 2.05) is 24.3 Å². The molecule has 1 fully saturated rings. The number of sulfonamides is 1. The monoisotopic (exact) mass is 328 g/mol. The molecule has 0 aliphatic heterocycles. The molecule has 1 aromatic carbocycles. The van der Waals surface area contributed by atoms with Crippen LogP contribution in [-0.2, 0) is 10.0 Å². The zero-order valence-corrected chi connectivity index (χ0v) is 14.1. The highest BCUT2D eigenvalue weighted by Gasteiger charge is 2.24. The summed E-state index contributed by atoms with van der Waals surface area (Å²) in [5, 5.41) is 0. The van der Waals surface area contributed by atoms with E-state index < -0.39 is 10.0 Å². The summed E-state index contributed by atoms with van der Waals surface area (Å²) in [5.41, 5.74) is 6.34. The second-order valence-corrected chi connectivity index (χ2v) is 8.85. The first-order chi connectivity index (χ1) is 9.96. The van der Waals surface area contributed by atoms with Gasteiger partial charge >= 0.3 is 0 Å². The third-order valence-electron chi connectivity index (χ3n) is 4.11. The Hall–Kier alpha value is -0.720. The Kier molecular flexibility index (Phi) is 5.96. The Labute approximate surface area is 131 Å². The number of nitrogens with one attached hydrogen (secondary N) is 1. The molecule has 0 heterocycles. The van der Waals surface area contributed by atoms with Crippen LogP contribution in [0.2, 0.25) is 0 Å². The van der Waals surface area contributed by atoms with Crippen LogP contribution in [0.5, 0.6) is 0 Å². The van der Waals surface area contributed by atoms with Crippen LogP contribution in [0.3, 0.4) is 0 Å². The van der Waals surface area contributed by atoms with Crippen molar-refractivity contribution < 1.29 is 8.42 Å². The fourth-order valence-corrected chi connectivity index (χ4v) is 5.05. The van der Waals surface area contributed by atoms with Gasteiger partial charge in [0.1, 0.15) is 0 Å². The van der Waals surface area contributed by atoms with Crippen LogP contribution in [0.1, 0.15) is 26.2 Å². The van der Waals surface area contributed by atoms with E-state index in [4.69, 9.17) is 5.73 Å². The Morgan fingerprint density at radius 2 is 2.00 bits per heavy atom. The van der Waals surface area contributed by atoms with E-state index in [1.165, 1.54) is 24.6 Å². The molecule has 4 nitrogen and oxygen atoms in total. The predicted molar refractivity (Wildman–Crippen MR) is 89.9 cm³/mol. The van der Waals surface area contributed by atoms with Crippen molar-refractivity contribution in [3.05, 3.63) is 24.3 Å². The molecule has 0 spiro atoms. The molecule has 21 heavy (non-hydrogen) atoms. The van der Waals surface area contributed by atoms with Crippen LogP contribution in [0.4, 0.5) is 5.69 Å². The minimum absolute atomic E-state index is 0.156. The lowest BCUT2D eigenvalue weighted by Gasteiger charge is -2.15. The molecule has 2 unspecified atom stereocenters. The van der Waals surface area contributed by atoms with E-state index in [1.54, 1.807) is 0 Å². The van der Waals surface area contributed by atoms with Crippen LogP contribution in [0.15, 0.2) is 29.2 Å². The first kappa shape index (κ1) is 16.6. The second kappa shape index (κ2) is 7.51. The molecule has 118 valence electrons. The second-order valence-electron chi connectivity index (χ2n) is 5.75. The Morgan fingerprint density at radius 1 is 1.29 bits per heavy atom. The van der Waals surface area contributed by atoms with Crippen molar-refractivity contribution >= 4 is 27.5 Å². The van der Waals surface area contributed by atoms with Crippen LogP contribution in [-0.4, -0.2) is 26.5 Å². The number of benzene rings is 1. The number of rotatable bonds is 7. The third kappa shape index (κ3) is 5.52. The van der Waals surface area contributed by atoms with Gasteiger partial charge in [-0.2, -0.15) is 0 Å². The molecule has 6 heteroatoms. The highest BCUT2D eigenvalue weighted by Crippen LogP contribution is 2.30. The third-order valence-corrected chi connectivity index (χ3v) is 6.73. The smallest absolute Gasteiger partial charge is 0.212 e. The molecular weight excluding hydrogens is 304 g/mol. The van der Waals surface area contributed by atoms with E-state index in [9.17, 15) is 8.42 Å². The van der Waals surface area contributed by atoms with Crippen LogP contribution < -0.4 is 10.5 Å². The lowest BCUT2D eigenvalue weighted by molar-refractivity contribution is 0.414. The summed E-state index contributed by atoms with van der Waals surface area (Å²) in [6, 6.07) is 7.49. The molecule has 0 saturated heterocycles. The van der Waals surface area contributed by atoms with Crippen molar-refractivity contribution in [2.24, 2.45) is 11.8 Å². The first-order valence-electron chi connectivity index (χ1n) is 7.42. The van der Waals surface area contributed by atoms with Crippen LogP contribution in [0.25, 0.3) is 0 Å². The quantitative estimate of drug-likeness (QED) is 0.596. The molecule has 0 aromatic heterocycles. The van der Waals surface area contributed by atoms with Crippen molar-refractivity contribution in [1.82, 2.24) is 4.72 Å². The molecule has 0 radical (unpaired) electrons. The molecule has 1 aliphatic rings. The van der Waals surface area contributed by atoms with Gasteiger partial charge in [-0.25, -0.2) is 13.1 Å². The number of thioether (sulfide) groups is 1. The molecule has 0 amide bonds. The lowest BCUT2D eigenvalue weighted by atomic mass is 9.99. The van der Waals surface area contributed by atoms with E-state index in [2.05, 4.69) is 11.6 Å². The van der Waals surface area contributed by atoms with Crippen molar-refractivity contribution in [3.63, 3.8) is 0 Å². The maximum Gasteiger partial charge on any atom is 0.212 e. The fraction of sp³-hybridized carbons (Fsp3) is 0.600. The average Bonchev–Trinajstić information content (AvgIpc) is 2.84. The number of hydrogen-bond donors (Lipinski definition) is 2. The van der Waals surface area contributed by atoms with Gasteiger partial charge in [0.15, 0.2) is 0 Å². The molecule has 1 aliphatic carbocycles. The molecule has 2 atom stereocenters. The van der Waals surface area contributed by atoms with E-state index in [-0.39, 0.29) is 5.75 Å². The standard InChI is InChI=1S/C15H24N2O2S2/c1-12-3-2-4-13(12)11-17-21(18,19)10-9-20-15-7-5-14(16)6-8-15/h5-8,12-13,17H,2-4,9-11,16H2,1H3. The van der Waals surface area contributed by atoms with E-state index in [0.29, 0.717) is 24.1 Å². The topological polar surface area (TPSA) is 72.2 Å². The zero-order valence-electron chi connectivity index (χ0n) is 12.4. The van der Waals surface area contributed by atoms with E-state index >= 15 is 0 Å². The largest absolute Gasteiger partial charge is 0.399 e. The molecule has 2 rings (SSSR count). The zero-order chi connectivity index (χ0) is 15.3. The molecular formula is C15H24N2O2S2. The summed E-state index contributed by atoms with van der Waals surface area (Å²) in [4.78, 5) is 1.05.